The van der Waals surface area contributed by atoms with Gasteiger partial charge in [-0.05, 0) is 58.7 Å². The number of carbonyl (C=O) groups excluding carboxylic acids is 3. The van der Waals surface area contributed by atoms with Gasteiger partial charge in [0, 0.05) is 35.4 Å². The highest BCUT2D eigenvalue weighted by Crippen LogP contribution is 2.28. The molecule has 0 bridgehead atoms. The van der Waals surface area contributed by atoms with Crippen molar-refractivity contribution in [3.05, 3.63) is 24.3 Å². The van der Waals surface area contributed by atoms with E-state index in [2.05, 4.69) is 49.0 Å². The van der Waals surface area contributed by atoms with Gasteiger partial charge in [0.2, 0.25) is 5.91 Å². The molecular weight excluding hydrogens is 332 g/mol. The fourth-order valence-corrected chi connectivity index (χ4v) is 3.74. The zero-order chi connectivity index (χ0) is 19.5. The molecule has 1 aliphatic rings. The van der Waals surface area contributed by atoms with Crippen LogP contribution < -0.4 is 21.3 Å². The van der Waals surface area contributed by atoms with Gasteiger partial charge in [0.25, 0.3) is 0 Å². The Hall–Kier alpha value is -2.41. The number of amides is 3. The molecule has 26 heavy (non-hydrogen) atoms. The third-order valence-electron chi connectivity index (χ3n) is 4.17. The molecule has 7 nitrogen and oxygen atoms in total. The first-order valence-electron chi connectivity index (χ1n) is 8.75. The molecular formula is C19H28N4O3. The maximum absolute atomic E-state index is 12.3. The molecule has 3 amide bonds. The van der Waals surface area contributed by atoms with Crippen LogP contribution in [0.3, 0.4) is 0 Å². The Labute approximate surface area is 154 Å². The van der Waals surface area contributed by atoms with E-state index in [1.165, 1.54) is 6.92 Å². The van der Waals surface area contributed by atoms with E-state index in [1.54, 1.807) is 24.3 Å². The highest BCUT2D eigenvalue weighted by molar-refractivity contribution is 6.39. The van der Waals surface area contributed by atoms with E-state index in [1.807, 2.05) is 0 Å². The van der Waals surface area contributed by atoms with Gasteiger partial charge < -0.3 is 21.3 Å². The molecule has 4 N–H and O–H groups in total. The van der Waals surface area contributed by atoms with Crippen molar-refractivity contribution in [2.75, 3.05) is 10.6 Å². The van der Waals surface area contributed by atoms with Crippen molar-refractivity contribution in [3.8, 4) is 0 Å². The van der Waals surface area contributed by atoms with Crippen LogP contribution in [0.2, 0.25) is 0 Å². The minimum Gasteiger partial charge on any atom is -0.345 e. The van der Waals surface area contributed by atoms with Crippen molar-refractivity contribution in [2.24, 2.45) is 0 Å². The Morgan fingerprint density at radius 3 is 2.04 bits per heavy atom. The first kappa shape index (κ1) is 19.9. The number of benzene rings is 1. The van der Waals surface area contributed by atoms with E-state index in [9.17, 15) is 14.4 Å². The van der Waals surface area contributed by atoms with Crippen molar-refractivity contribution in [2.45, 2.75) is 64.6 Å². The topological polar surface area (TPSA) is 99.3 Å². The minimum atomic E-state index is -0.723. The molecule has 1 aromatic carbocycles. The third kappa shape index (κ3) is 5.84. The number of piperidine rings is 1. The molecule has 142 valence electrons. The molecule has 1 heterocycles. The van der Waals surface area contributed by atoms with Gasteiger partial charge in [0.1, 0.15) is 0 Å². The molecule has 1 fully saturated rings. The second-order valence-electron chi connectivity index (χ2n) is 8.19. The number of anilines is 2. The number of carbonyl (C=O) groups is 3. The summed E-state index contributed by atoms with van der Waals surface area (Å²) in [5, 5.41) is 11.6. The molecule has 0 atom stereocenters. The Morgan fingerprint density at radius 1 is 0.962 bits per heavy atom. The lowest BCUT2D eigenvalue weighted by molar-refractivity contribution is -0.137. The zero-order valence-corrected chi connectivity index (χ0v) is 16.0. The molecule has 7 heteroatoms. The van der Waals surface area contributed by atoms with Crippen LogP contribution in [-0.2, 0) is 14.4 Å². The average molecular weight is 360 g/mol. The van der Waals surface area contributed by atoms with Crippen LogP contribution in [0.4, 0.5) is 11.4 Å². The summed E-state index contributed by atoms with van der Waals surface area (Å²) in [5.41, 5.74) is 0.756. The lowest BCUT2D eigenvalue weighted by Gasteiger charge is -2.46. The van der Waals surface area contributed by atoms with Gasteiger partial charge in [0.15, 0.2) is 0 Å². The summed E-state index contributed by atoms with van der Waals surface area (Å²) < 4.78 is 0. The number of nitrogens with one attached hydrogen (secondary N) is 4. The van der Waals surface area contributed by atoms with Crippen molar-refractivity contribution in [3.63, 3.8) is 0 Å². The van der Waals surface area contributed by atoms with Crippen LogP contribution >= 0.6 is 0 Å². The Balaban J connectivity index is 1.97. The summed E-state index contributed by atoms with van der Waals surface area (Å²) >= 11 is 0. The van der Waals surface area contributed by atoms with Gasteiger partial charge in [-0.3, -0.25) is 14.4 Å². The SMILES string of the molecule is CC(=O)Nc1cccc(NC(=O)C(=O)NC2CC(C)(C)NC(C)(C)C2)c1. The van der Waals surface area contributed by atoms with E-state index >= 15 is 0 Å². The molecule has 1 aromatic rings. The first-order chi connectivity index (χ1) is 12.0. The number of rotatable bonds is 3. The predicted molar refractivity (Wildman–Crippen MR) is 102 cm³/mol. The summed E-state index contributed by atoms with van der Waals surface area (Å²) in [4.78, 5) is 35.6. The monoisotopic (exact) mass is 360 g/mol. The fraction of sp³-hybridized carbons (Fsp3) is 0.526. The number of hydrogen-bond donors (Lipinski definition) is 4. The summed E-state index contributed by atoms with van der Waals surface area (Å²) in [6, 6.07) is 6.58. The smallest absolute Gasteiger partial charge is 0.313 e. The van der Waals surface area contributed by atoms with Gasteiger partial charge in [-0.1, -0.05) is 6.07 Å². The van der Waals surface area contributed by atoms with E-state index in [-0.39, 0.29) is 23.0 Å². The Kier molecular flexibility index (Phi) is 5.71. The summed E-state index contributed by atoms with van der Waals surface area (Å²) in [6.45, 7) is 9.74. The maximum Gasteiger partial charge on any atom is 0.313 e. The molecule has 1 aliphatic heterocycles. The lowest BCUT2D eigenvalue weighted by Crippen LogP contribution is -2.62. The quantitative estimate of drug-likeness (QED) is 0.620. The second-order valence-corrected chi connectivity index (χ2v) is 8.19. The van der Waals surface area contributed by atoms with Gasteiger partial charge in [-0.15, -0.1) is 0 Å². The van der Waals surface area contributed by atoms with Gasteiger partial charge in [0.05, 0.1) is 0 Å². The summed E-state index contributed by atoms with van der Waals surface area (Å²) in [6.07, 6.45) is 1.49. The second kappa shape index (κ2) is 7.45. The number of hydrogen-bond acceptors (Lipinski definition) is 4. The van der Waals surface area contributed by atoms with Gasteiger partial charge in [-0.25, -0.2) is 0 Å². The highest BCUT2D eigenvalue weighted by Gasteiger charge is 2.38. The normalized spacial score (nSPS) is 18.7. The molecule has 0 unspecified atom stereocenters. The molecule has 1 saturated heterocycles. The summed E-state index contributed by atoms with van der Waals surface area (Å²) in [7, 11) is 0. The van der Waals surface area contributed by atoms with Crippen molar-refractivity contribution < 1.29 is 14.4 Å². The molecule has 0 aliphatic carbocycles. The van der Waals surface area contributed by atoms with E-state index in [0.29, 0.717) is 11.4 Å². The molecule has 0 aromatic heterocycles. The van der Waals surface area contributed by atoms with Gasteiger partial charge >= 0.3 is 11.8 Å². The maximum atomic E-state index is 12.3. The van der Waals surface area contributed by atoms with Crippen LogP contribution in [0.25, 0.3) is 0 Å². The van der Waals surface area contributed by atoms with Crippen LogP contribution in [0.5, 0.6) is 0 Å². The van der Waals surface area contributed by atoms with Crippen LogP contribution in [0.15, 0.2) is 24.3 Å². The van der Waals surface area contributed by atoms with E-state index in [0.717, 1.165) is 12.8 Å². The largest absolute Gasteiger partial charge is 0.345 e. The van der Waals surface area contributed by atoms with Crippen molar-refractivity contribution >= 4 is 29.1 Å². The van der Waals surface area contributed by atoms with E-state index in [4.69, 9.17) is 0 Å². The van der Waals surface area contributed by atoms with Crippen LogP contribution in [-0.4, -0.2) is 34.8 Å². The Morgan fingerprint density at radius 2 is 1.50 bits per heavy atom. The summed E-state index contributed by atoms with van der Waals surface area (Å²) in [5.74, 6) is -1.59. The van der Waals surface area contributed by atoms with Crippen LogP contribution in [0.1, 0.15) is 47.5 Å². The van der Waals surface area contributed by atoms with Gasteiger partial charge in [-0.2, -0.15) is 0 Å². The zero-order valence-electron chi connectivity index (χ0n) is 16.0. The van der Waals surface area contributed by atoms with E-state index < -0.39 is 11.8 Å². The van der Waals surface area contributed by atoms with Crippen molar-refractivity contribution in [1.82, 2.24) is 10.6 Å². The standard InChI is InChI=1S/C19H28N4O3/c1-12(24)20-13-7-6-8-14(9-13)21-16(25)17(26)22-15-10-18(2,3)23-19(4,5)11-15/h6-9,15,23H,10-11H2,1-5H3,(H,20,24)(H,21,25)(H,22,26). The first-order valence-corrected chi connectivity index (χ1v) is 8.75. The molecule has 2 rings (SSSR count). The molecule has 0 radical (unpaired) electrons. The van der Waals surface area contributed by atoms with Crippen LogP contribution in [0, 0.1) is 0 Å². The predicted octanol–water partition coefficient (Wildman–Crippen LogP) is 2.01. The highest BCUT2D eigenvalue weighted by atomic mass is 16.2. The minimum absolute atomic E-state index is 0.0785. The molecule has 0 saturated carbocycles. The van der Waals surface area contributed by atoms with Crippen molar-refractivity contribution in [1.29, 1.82) is 0 Å². The molecule has 0 spiro atoms. The lowest BCUT2D eigenvalue weighted by atomic mass is 9.79. The Bertz CT molecular complexity index is 696. The fourth-order valence-electron chi connectivity index (χ4n) is 3.74. The average Bonchev–Trinajstić information content (AvgIpc) is 2.43. The third-order valence-corrected chi connectivity index (χ3v) is 4.17.